The largest absolute Gasteiger partial charge is 0.494 e. The van der Waals surface area contributed by atoms with E-state index in [4.69, 9.17) is 9.73 Å². The maximum absolute atomic E-state index is 12.3. The summed E-state index contributed by atoms with van der Waals surface area (Å²) in [4.78, 5) is 17.0. The topological polar surface area (TPSA) is 62.7 Å². The molecule has 26 heavy (non-hydrogen) atoms. The molecule has 0 bridgehead atoms. The molecule has 1 rings (SSSR count). The van der Waals surface area contributed by atoms with Gasteiger partial charge in [-0.3, -0.25) is 9.79 Å². The SMILES string of the molecule is CCOc1ccc(C(=NC(C)C)SCC(=O)NC(CC)CCNC)cc1. The number of benzene rings is 1. The Hall–Kier alpha value is -1.53. The van der Waals surface area contributed by atoms with Crippen molar-refractivity contribution in [2.75, 3.05) is 26.0 Å². The molecule has 0 aromatic heterocycles. The summed E-state index contributed by atoms with van der Waals surface area (Å²) in [5, 5.41) is 7.13. The lowest BCUT2D eigenvalue weighted by Gasteiger charge is -2.17. The van der Waals surface area contributed by atoms with E-state index >= 15 is 0 Å². The number of nitrogens with one attached hydrogen (secondary N) is 2. The van der Waals surface area contributed by atoms with Gasteiger partial charge in [-0.1, -0.05) is 18.7 Å². The minimum Gasteiger partial charge on any atom is -0.494 e. The molecule has 5 nitrogen and oxygen atoms in total. The minimum atomic E-state index is 0.0559. The molecule has 0 spiro atoms. The van der Waals surface area contributed by atoms with E-state index in [1.54, 1.807) is 0 Å². The van der Waals surface area contributed by atoms with Crippen molar-refractivity contribution < 1.29 is 9.53 Å². The Morgan fingerprint density at radius 2 is 1.92 bits per heavy atom. The Kier molecular flexibility index (Phi) is 11.1. The van der Waals surface area contributed by atoms with Crippen molar-refractivity contribution in [3.8, 4) is 5.75 Å². The van der Waals surface area contributed by atoms with Gasteiger partial charge in [-0.2, -0.15) is 0 Å². The first-order chi connectivity index (χ1) is 12.5. The molecule has 1 aromatic rings. The fourth-order valence-electron chi connectivity index (χ4n) is 2.39. The van der Waals surface area contributed by atoms with Crippen molar-refractivity contribution in [2.45, 2.75) is 52.6 Å². The molecule has 0 aliphatic carbocycles. The summed E-state index contributed by atoms with van der Waals surface area (Å²) in [7, 11) is 1.93. The molecule has 0 aliphatic heterocycles. The van der Waals surface area contributed by atoms with Crippen LogP contribution >= 0.6 is 11.8 Å². The van der Waals surface area contributed by atoms with Gasteiger partial charge in [0, 0.05) is 17.6 Å². The first-order valence-corrected chi connectivity index (χ1v) is 10.4. The fourth-order valence-corrected chi connectivity index (χ4v) is 3.33. The molecule has 0 saturated heterocycles. The first kappa shape index (κ1) is 22.5. The Bertz CT molecular complexity index is 559. The monoisotopic (exact) mass is 379 g/mol. The maximum atomic E-state index is 12.3. The summed E-state index contributed by atoms with van der Waals surface area (Å²) in [6, 6.07) is 8.27. The number of nitrogens with zero attached hydrogens (tertiary/aromatic N) is 1. The number of rotatable bonds is 11. The zero-order valence-electron chi connectivity index (χ0n) is 16.7. The Morgan fingerprint density at radius 1 is 1.23 bits per heavy atom. The predicted octanol–water partition coefficient (Wildman–Crippen LogP) is 3.48. The molecular formula is C20H33N3O2S. The highest BCUT2D eigenvalue weighted by molar-refractivity contribution is 8.14. The quantitative estimate of drug-likeness (QED) is 0.456. The van der Waals surface area contributed by atoms with E-state index in [1.165, 1.54) is 11.8 Å². The van der Waals surface area contributed by atoms with Gasteiger partial charge >= 0.3 is 0 Å². The van der Waals surface area contributed by atoms with E-state index in [0.29, 0.717) is 12.4 Å². The molecule has 1 unspecified atom stereocenters. The second-order valence-electron chi connectivity index (χ2n) is 6.34. The number of thioether (sulfide) groups is 1. The van der Waals surface area contributed by atoms with Crippen LogP contribution in [0, 0.1) is 0 Å². The highest BCUT2D eigenvalue weighted by Crippen LogP contribution is 2.19. The van der Waals surface area contributed by atoms with Gasteiger partial charge in [0.1, 0.15) is 5.75 Å². The standard InChI is InChI=1S/C20H33N3O2S/c1-6-17(12-13-21-5)23-19(24)14-26-20(22-15(3)4)16-8-10-18(11-9-16)25-7-2/h8-11,15,17,21H,6-7,12-14H2,1-5H3,(H,23,24). The van der Waals surface area contributed by atoms with Crippen LogP contribution in [0.3, 0.4) is 0 Å². The molecule has 0 fully saturated rings. The number of amides is 1. The lowest BCUT2D eigenvalue weighted by molar-refractivity contribution is -0.119. The van der Waals surface area contributed by atoms with Crippen molar-refractivity contribution in [1.29, 1.82) is 0 Å². The maximum Gasteiger partial charge on any atom is 0.230 e. The summed E-state index contributed by atoms with van der Waals surface area (Å²) in [6.07, 6.45) is 1.87. The Labute approximate surface area is 162 Å². The highest BCUT2D eigenvalue weighted by Gasteiger charge is 2.13. The molecule has 0 saturated carbocycles. The molecule has 0 aliphatic rings. The molecule has 1 atom stereocenters. The summed E-state index contributed by atoms with van der Waals surface area (Å²) >= 11 is 1.49. The van der Waals surface area contributed by atoms with Gasteiger partial charge < -0.3 is 15.4 Å². The van der Waals surface area contributed by atoms with E-state index in [1.807, 2.05) is 52.1 Å². The van der Waals surface area contributed by atoms with Gasteiger partial charge in [0.25, 0.3) is 0 Å². The Morgan fingerprint density at radius 3 is 2.46 bits per heavy atom. The summed E-state index contributed by atoms with van der Waals surface area (Å²) in [6.45, 7) is 9.69. The number of aliphatic imine (C=N–C) groups is 1. The predicted molar refractivity (Wildman–Crippen MR) is 113 cm³/mol. The second-order valence-corrected chi connectivity index (χ2v) is 7.30. The molecule has 1 aromatic carbocycles. The number of ether oxygens (including phenoxy) is 1. The summed E-state index contributed by atoms with van der Waals surface area (Å²) in [5.74, 6) is 1.27. The van der Waals surface area contributed by atoms with Crippen LogP contribution in [0.5, 0.6) is 5.75 Å². The zero-order valence-corrected chi connectivity index (χ0v) is 17.5. The van der Waals surface area contributed by atoms with Gasteiger partial charge in [-0.25, -0.2) is 0 Å². The zero-order chi connectivity index (χ0) is 19.4. The van der Waals surface area contributed by atoms with E-state index in [-0.39, 0.29) is 18.0 Å². The van der Waals surface area contributed by atoms with Crippen LogP contribution < -0.4 is 15.4 Å². The molecular weight excluding hydrogens is 346 g/mol. The average molecular weight is 380 g/mol. The number of carbonyl (C=O) groups excluding carboxylic acids is 1. The van der Waals surface area contributed by atoms with Crippen LogP contribution in [0.15, 0.2) is 29.3 Å². The van der Waals surface area contributed by atoms with Gasteiger partial charge in [-0.05, 0) is 71.5 Å². The van der Waals surface area contributed by atoms with Crippen molar-refractivity contribution in [3.63, 3.8) is 0 Å². The third-order valence-corrected chi connectivity index (χ3v) is 4.75. The van der Waals surface area contributed by atoms with E-state index in [9.17, 15) is 4.79 Å². The van der Waals surface area contributed by atoms with Crippen molar-refractivity contribution >= 4 is 22.7 Å². The Balaban J connectivity index is 2.69. The third-order valence-electron chi connectivity index (χ3n) is 3.73. The van der Waals surface area contributed by atoms with Gasteiger partial charge in [0.05, 0.1) is 17.4 Å². The van der Waals surface area contributed by atoms with Gasteiger partial charge in [-0.15, -0.1) is 0 Å². The van der Waals surface area contributed by atoms with Crippen LogP contribution in [0.25, 0.3) is 0 Å². The van der Waals surface area contributed by atoms with Crippen molar-refractivity contribution in [2.24, 2.45) is 4.99 Å². The third kappa shape index (κ3) is 8.72. The number of hydrogen-bond acceptors (Lipinski definition) is 5. The van der Waals surface area contributed by atoms with E-state index in [2.05, 4.69) is 17.6 Å². The van der Waals surface area contributed by atoms with E-state index in [0.717, 1.165) is 35.7 Å². The van der Waals surface area contributed by atoms with Crippen LogP contribution in [-0.4, -0.2) is 49.0 Å². The van der Waals surface area contributed by atoms with Crippen LogP contribution in [-0.2, 0) is 4.79 Å². The number of hydrogen-bond donors (Lipinski definition) is 2. The van der Waals surface area contributed by atoms with Crippen molar-refractivity contribution in [3.05, 3.63) is 29.8 Å². The summed E-state index contributed by atoms with van der Waals surface area (Å²) < 4.78 is 5.49. The van der Waals surface area contributed by atoms with Gasteiger partial charge in [0.15, 0.2) is 0 Å². The number of carbonyl (C=O) groups is 1. The van der Waals surface area contributed by atoms with E-state index < -0.39 is 0 Å². The van der Waals surface area contributed by atoms with Crippen molar-refractivity contribution in [1.82, 2.24) is 10.6 Å². The molecule has 2 N–H and O–H groups in total. The second kappa shape index (κ2) is 12.8. The molecule has 1 amide bonds. The molecule has 6 heteroatoms. The highest BCUT2D eigenvalue weighted by atomic mass is 32.2. The summed E-state index contributed by atoms with van der Waals surface area (Å²) in [5.41, 5.74) is 1.02. The molecule has 0 radical (unpaired) electrons. The molecule has 146 valence electrons. The van der Waals surface area contributed by atoms with Crippen LogP contribution in [0.2, 0.25) is 0 Å². The van der Waals surface area contributed by atoms with Gasteiger partial charge in [0.2, 0.25) is 5.91 Å². The molecule has 0 heterocycles. The first-order valence-electron chi connectivity index (χ1n) is 9.37. The average Bonchev–Trinajstić information content (AvgIpc) is 2.62. The van der Waals surface area contributed by atoms with Crippen LogP contribution in [0.1, 0.15) is 46.1 Å². The van der Waals surface area contributed by atoms with Crippen LogP contribution in [0.4, 0.5) is 0 Å². The smallest absolute Gasteiger partial charge is 0.230 e. The lowest BCUT2D eigenvalue weighted by Crippen LogP contribution is -2.37. The minimum absolute atomic E-state index is 0.0559. The fraction of sp³-hybridized carbons (Fsp3) is 0.600. The normalized spacial score (nSPS) is 12.9. The lowest BCUT2D eigenvalue weighted by atomic mass is 10.1.